The number of alkyl halides is 2. The van der Waals surface area contributed by atoms with Gasteiger partial charge in [-0.3, -0.25) is 29.3 Å². The lowest BCUT2D eigenvalue weighted by Crippen LogP contribution is -2.61. The molecule has 4 aliphatic heterocycles. The summed E-state index contributed by atoms with van der Waals surface area (Å²) in [6.45, 7) is 9.50. The van der Waals surface area contributed by atoms with Crippen LogP contribution in [0.4, 0.5) is 37.6 Å². The van der Waals surface area contributed by atoms with Crippen LogP contribution in [-0.4, -0.2) is 104 Å². The van der Waals surface area contributed by atoms with Gasteiger partial charge in [0.1, 0.15) is 5.02 Å². The molecule has 1 spiro atoms. The van der Waals surface area contributed by atoms with Crippen molar-refractivity contribution in [2.75, 3.05) is 66.3 Å². The second kappa shape index (κ2) is 15.8. The molecule has 3 saturated heterocycles. The Labute approximate surface area is 386 Å². The fraction of sp³-hybridized carbons (Fsp3) is 0.542. The summed E-state index contributed by atoms with van der Waals surface area (Å²) in [4.78, 5) is 54.6. The average molecular weight is 924 g/mol. The lowest BCUT2D eigenvalue weighted by molar-refractivity contribution is -0.134. The normalized spacial score (nSPS) is 24.1. The van der Waals surface area contributed by atoms with Crippen molar-refractivity contribution < 1.29 is 23.1 Å². The van der Waals surface area contributed by atoms with Crippen molar-refractivity contribution in [1.82, 2.24) is 34.5 Å². The Hall–Kier alpha value is -5.55. The van der Waals surface area contributed by atoms with E-state index in [1.807, 2.05) is 23.9 Å². The van der Waals surface area contributed by atoms with Gasteiger partial charge in [-0.2, -0.15) is 10.1 Å². The molecule has 2 aliphatic carbocycles. The van der Waals surface area contributed by atoms with Crippen LogP contribution in [0.5, 0.6) is 5.75 Å². The number of fused-ring (bicyclic) bond motifs is 4. The maximum absolute atomic E-state index is 15.2. The number of hydrogen-bond acceptors (Lipinski definition) is 12. The van der Waals surface area contributed by atoms with Gasteiger partial charge in [0, 0.05) is 92.9 Å². The predicted molar refractivity (Wildman–Crippen MR) is 250 cm³/mol. The molecule has 3 aromatic heterocycles. The minimum atomic E-state index is -3.13. The van der Waals surface area contributed by atoms with Crippen molar-refractivity contribution in [2.45, 2.75) is 88.6 Å². The van der Waals surface area contributed by atoms with Crippen LogP contribution in [0.25, 0.3) is 21.8 Å². The van der Waals surface area contributed by atoms with Crippen LogP contribution < -0.4 is 36.0 Å². The van der Waals surface area contributed by atoms with E-state index in [0.717, 1.165) is 74.4 Å². The summed E-state index contributed by atoms with van der Waals surface area (Å²) < 4.78 is 39.2. The van der Waals surface area contributed by atoms with Crippen molar-refractivity contribution in [3.05, 3.63) is 63.7 Å². The molecule has 5 fully saturated rings. The highest BCUT2D eigenvalue weighted by molar-refractivity contribution is 6.33. The first kappa shape index (κ1) is 43.0. The van der Waals surface area contributed by atoms with Crippen molar-refractivity contribution in [2.24, 2.45) is 31.3 Å². The minimum Gasteiger partial charge on any atom is -0.480 e. The number of carbonyl (C=O) groups is 2. The Balaban J connectivity index is 0.711. The van der Waals surface area contributed by atoms with Crippen LogP contribution in [0.15, 0.2) is 47.4 Å². The largest absolute Gasteiger partial charge is 0.480 e. The van der Waals surface area contributed by atoms with Gasteiger partial charge in [0.2, 0.25) is 23.5 Å². The highest BCUT2D eigenvalue weighted by atomic mass is 35.5. The van der Waals surface area contributed by atoms with Gasteiger partial charge in [0.05, 0.1) is 40.6 Å². The molecular weight excluding hydrogens is 868 g/mol. The van der Waals surface area contributed by atoms with Crippen LogP contribution in [0, 0.1) is 17.3 Å². The number of anilines is 5. The van der Waals surface area contributed by atoms with Crippen LogP contribution in [0.3, 0.4) is 0 Å². The molecule has 2 saturated carbocycles. The summed E-state index contributed by atoms with van der Waals surface area (Å²) in [5.74, 6) is -2.65. The molecule has 6 aliphatic rings. The first-order valence-electron chi connectivity index (χ1n) is 23.3. The van der Waals surface area contributed by atoms with Gasteiger partial charge in [-0.15, -0.1) is 0 Å². The number of rotatable bonds is 8. The third kappa shape index (κ3) is 7.59. The van der Waals surface area contributed by atoms with E-state index in [1.165, 1.54) is 17.4 Å². The Morgan fingerprint density at radius 1 is 0.924 bits per heavy atom. The molecule has 5 aromatic rings. The van der Waals surface area contributed by atoms with Crippen molar-refractivity contribution in [3.8, 4) is 5.75 Å². The highest BCUT2D eigenvalue weighted by Crippen LogP contribution is 2.48. The number of nitrogens with zero attached hydrogens (tertiary/aromatic N) is 8. The van der Waals surface area contributed by atoms with Gasteiger partial charge in [-0.25, -0.2) is 13.8 Å². The van der Waals surface area contributed by atoms with Crippen molar-refractivity contribution in [1.29, 1.82) is 0 Å². The molecule has 66 heavy (non-hydrogen) atoms. The second-order valence-electron chi connectivity index (χ2n) is 20.5. The van der Waals surface area contributed by atoms with E-state index in [9.17, 15) is 14.4 Å². The summed E-state index contributed by atoms with van der Waals surface area (Å²) in [5.41, 5.74) is 4.12. The van der Waals surface area contributed by atoms with Crippen molar-refractivity contribution in [3.63, 3.8) is 0 Å². The number of piperidine rings is 1. The number of nitrogens with one attached hydrogen (secondary N) is 3. The van der Waals surface area contributed by atoms with Crippen LogP contribution in [0.1, 0.15) is 76.8 Å². The lowest BCUT2D eigenvalue weighted by Gasteiger charge is -2.54. The van der Waals surface area contributed by atoms with Crippen LogP contribution in [-0.2, 0) is 23.7 Å². The minimum absolute atomic E-state index is 0.0240. The van der Waals surface area contributed by atoms with E-state index in [1.54, 1.807) is 19.3 Å². The number of ether oxygens (including phenoxy) is 1. The fourth-order valence-electron chi connectivity index (χ4n) is 11.5. The van der Waals surface area contributed by atoms with Gasteiger partial charge in [-0.1, -0.05) is 11.6 Å². The third-order valence-electron chi connectivity index (χ3n) is 15.5. The second-order valence-corrected chi connectivity index (χ2v) is 20.9. The molecule has 3 N–H and O–H groups in total. The van der Waals surface area contributed by atoms with E-state index in [2.05, 4.69) is 67.7 Å². The SMILES string of the molecule is Cn1nc(C2CCC(=O)NC2=O)c2ccc(N3CCN(CC4CCC5(CC4)CN(c4ncc(Cl)c(Nc6ccc7c(c6)c6c(c(=O)n7C)OCC(F)(F)[C@H](C7CC7)N6)n4)C5)C(C)(C)C3)cc21. The van der Waals surface area contributed by atoms with Crippen LogP contribution >= 0.6 is 11.6 Å². The molecule has 0 radical (unpaired) electrons. The number of imide groups is 1. The molecule has 1 unspecified atom stereocenters. The molecule has 7 heterocycles. The monoisotopic (exact) mass is 923 g/mol. The van der Waals surface area contributed by atoms with Crippen molar-refractivity contribution >= 4 is 74.0 Å². The van der Waals surface area contributed by atoms with E-state index in [-0.39, 0.29) is 40.1 Å². The smallest absolute Gasteiger partial charge is 0.301 e. The lowest BCUT2D eigenvalue weighted by atomic mass is 9.66. The molecular formula is C48H56ClF2N11O4. The number of benzene rings is 2. The summed E-state index contributed by atoms with van der Waals surface area (Å²) in [6.07, 6.45) is 8.51. The zero-order valence-electron chi connectivity index (χ0n) is 37.8. The maximum Gasteiger partial charge on any atom is 0.301 e. The Morgan fingerprint density at radius 2 is 1.71 bits per heavy atom. The van der Waals surface area contributed by atoms with Gasteiger partial charge < -0.3 is 29.7 Å². The van der Waals surface area contributed by atoms with Gasteiger partial charge in [0.15, 0.2) is 12.4 Å². The first-order valence-corrected chi connectivity index (χ1v) is 23.7. The quantitative estimate of drug-likeness (QED) is 0.138. The number of amides is 2. The number of carbonyl (C=O) groups excluding carboxylic acids is 2. The van der Waals surface area contributed by atoms with Gasteiger partial charge in [-0.05, 0) is 107 Å². The van der Waals surface area contributed by atoms with E-state index in [4.69, 9.17) is 26.4 Å². The number of hydrogen-bond donors (Lipinski definition) is 3. The Morgan fingerprint density at radius 3 is 2.45 bits per heavy atom. The van der Waals surface area contributed by atoms with E-state index < -0.39 is 30.0 Å². The number of pyridine rings is 1. The molecule has 2 atom stereocenters. The predicted octanol–water partition coefficient (Wildman–Crippen LogP) is 6.95. The fourth-order valence-corrected chi connectivity index (χ4v) is 11.6. The summed E-state index contributed by atoms with van der Waals surface area (Å²) in [7, 11) is 3.53. The number of aryl methyl sites for hydroxylation is 2. The number of aromatic nitrogens is 5. The Bertz CT molecular complexity index is 2850. The van der Waals surface area contributed by atoms with Crippen LogP contribution in [0.2, 0.25) is 5.02 Å². The summed E-state index contributed by atoms with van der Waals surface area (Å²) in [6, 6.07) is 10.7. The first-order chi connectivity index (χ1) is 31.5. The van der Waals surface area contributed by atoms with E-state index in [0.29, 0.717) is 65.0 Å². The zero-order valence-corrected chi connectivity index (χ0v) is 38.6. The molecule has 15 nitrogen and oxygen atoms in total. The summed E-state index contributed by atoms with van der Waals surface area (Å²) >= 11 is 6.67. The van der Waals surface area contributed by atoms with Gasteiger partial charge in [0.25, 0.3) is 5.56 Å². The molecule has 348 valence electrons. The Kier molecular flexibility index (Phi) is 10.3. The highest BCUT2D eigenvalue weighted by Gasteiger charge is 2.51. The molecule has 11 rings (SSSR count). The third-order valence-corrected chi connectivity index (χ3v) is 15.7. The topological polar surface area (TPSA) is 155 Å². The average Bonchev–Trinajstić information content (AvgIpc) is 4.08. The zero-order chi connectivity index (χ0) is 45.9. The van der Waals surface area contributed by atoms with E-state index >= 15 is 8.78 Å². The maximum atomic E-state index is 15.2. The molecule has 2 amide bonds. The summed E-state index contributed by atoms with van der Waals surface area (Å²) in [5, 5.41) is 15.5. The number of piperazine rings is 1. The molecule has 18 heteroatoms. The number of halogens is 3. The molecule has 2 aromatic carbocycles. The molecule has 0 bridgehead atoms. The standard InChI is InChI=1S/C48H56ClF2N11O4/c1-46(2)23-60(30-8-9-31-36(20-30)59(4)57-38(31)32-10-12-37(63)54-43(32)64)17-18-62(46)22-27-13-15-47(16-14-27)24-61(25-47)45-52-21-34(49)42(56-45)53-29-7-11-35-33(19-29)39-40(44(65)58(35)3)66-26-48(50,51)41(55-39)28-5-6-28/h7-9,11,19-21,27-28,32,41,55H,5-6,10,12-18,22-26H2,1-4H3,(H,52,53,56)(H,54,63,64)/t32?,41-/m0/s1. The van der Waals surface area contributed by atoms with Gasteiger partial charge >= 0.3 is 5.92 Å².